The summed E-state index contributed by atoms with van der Waals surface area (Å²) in [5, 5.41) is 2.34. The molecular weight excluding hydrogens is 200 g/mol. The second-order valence-electron chi connectivity index (χ2n) is 3.61. The Morgan fingerprint density at radius 2 is 1.79 bits per heavy atom. The van der Waals surface area contributed by atoms with E-state index in [1.165, 1.54) is 7.05 Å². The number of hydrogen-bond donors (Lipinski definition) is 1. The Bertz CT molecular complexity index is 178. The molecule has 2 nitrogen and oxygen atoms in total. The highest BCUT2D eigenvalue weighted by Crippen LogP contribution is 2.21. The van der Waals surface area contributed by atoms with Gasteiger partial charge in [-0.25, -0.2) is 17.6 Å². The summed E-state index contributed by atoms with van der Waals surface area (Å²) in [4.78, 5) is 1.12. The first kappa shape index (κ1) is 11.7. The topological polar surface area (TPSA) is 15.3 Å². The summed E-state index contributed by atoms with van der Waals surface area (Å²) in [5.41, 5.74) is 0. The van der Waals surface area contributed by atoms with Crippen LogP contribution in [0.25, 0.3) is 0 Å². The molecule has 0 saturated carbocycles. The van der Waals surface area contributed by atoms with E-state index in [9.17, 15) is 17.6 Å². The molecule has 2 unspecified atom stereocenters. The van der Waals surface area contributed by atoms with E-state index in [1.54, 1.807) is 0 Å². The summed E-state index contributed by atoms with van der Waals surface area (Å²) in [5.74, 6) is -2.93. The van der Waals surface area contributed by atoms with Gasteiger partial charge in [0, 0.05) is 13.1 Å². The van der Waals surface area contributed by atoms with E-state index in [1.807, 2.05) is 0 Å². The maximum atomic E-state index is 13.0. The number of hydrogen-bond acceptors (Lipinski definition) is 2. The molecule has 0 aliphatic carbocycles. The van der Waals surface area contributed by atoms with Crippen LogP contribution in [-0.2, 0) is 0 Å². The molecule has 1 rings (SSSR count). The SMILES string of the molecule is CNCC(F)(F)CN1CC(F)C(F)C1. The molecule has 84 valence electrons. The molecular formula is C8H14F4N2. The lowest BCUT2D eigenvalue weighted by atomic mass is 10.3. The molecule has 1 aliphatic rings. The van der Waals surface area contributed by atoms with Crippen LogP contribution in [0.15, 0.2) is 0 Å². The van der Waals surface area contributed by atoms with E-state index in [-0.39, 0.29) is 13.1 Å². The number of alkyl halides is 4. The van der Waals surface area contributed by atoms with Gasteiger partial charge < -0.3 is 5.32 Å². The van der Waals surface area contributed by atoms with Crippen LogP contribution >= 0.6 is 0 Å². The molecule has 6 heteroatoms. The van der Waals surface area contributed by atoms with Crippen molar-refractivity contribution in [3.05, 3.63) is 0 Å². The van der Waals surface area contributed by atoms with Crippen LogP contribution in [0.5, 0.6) is 0 Å². The molecule has 1 saturated heterocycles. The van der Waals surface area contributed by atoms with Gasteiger partial charge in [-0.15, -0.1) is 0 Å². The molecule has 1 N–H and O–H groups in total. The zero-order valence-corrected chi connectivity index (χ0v) is 7.94. The van der Waals surface area contributed by atoms with Crippen molar-refractivity contribution >= 4 is 0 Å². The summed E-state index contributed by atoms with van der Waals surface area (Å²) in [6, 6.07) is 0. The molecule has 0 aromatic rings. The van der Waals surface area contributed by atoms with Gasteiger partial charge >= 0.3 is 0 Å². The fourth-order valence-corrected chi connectivity index (χ4v) is 1.57. The minimum Gasteiger partial charge on any atom is -0.314 e. The first-order valence-corrected chi connectivity index (χ1v) is 4.47. The predicted octanol–water partition coefficient (Wildman–Crippen LogP) is 0.833. The lowest BCUT2D eigenvalue weighted by Gasteiger charge is -2.22. The Morgan fingerprint density at radius 3 is 2.21 bits per heavy atom. The molecule has 2 atom stereocenters. The summed E-state index contributed by atoms with van der Waals surface area (Å²) >= 11 is 0. The summed E-state index contributed by atoms with van der Waals surface area (Å²) < 4.78 is 51.3. The van der Waals surface area contributed by atoms with Crippen LogP contribution in [0.2, 0.25) is 0 Å². The second-order valence-corrected chi connectivity index (χ2v) is 3.61. The second kappa shape index (κ2) is 4.44. The Hall–Kier alpha value is -0.360. The molecule has 0 aromatic heterocycles. The molecule has 0 spiro atoms. The molecule has 0 amide bonds. The van der Waals surface area contributed by atoms with E-state index in [2.05, 4.69) is 5.32 Å². The summed E-state index contributed by atoms with van der Waals surface area (Å²) in [7, 11) is 1.41. The van der Waals surface area contributed by atoms with Gasteiger partial charge in [-0.2, -0.15) is 0 Å². The summed E-state index contributed by atoms with van der Waals surface area (Å²) in [6.07, 6.45) is -3.25. The average molecular weight is 214 g/mol. The molecule has 1 aliphatic heterocycles. The predicted molar refractivity (Wildman–Crippen MR) is 45.1 cm³/mol. The van der Waals surface area contributed by atoms with Crippen molar-refractivity contribution < 1.29 is 17.6 Å². The van der Waals surface area contributed by atoms with Crippen LogP contribution in [0.1, 0.15) is 0 Å². The van der Waals surface area contributed by atoms with Gasteiger partial charge in [-0.1, -0.05) is 0 Å². The van der Waals surface area contributed by atoms with Gasteiger partial charge in [0.25, 0.3) is 5.92 Å². The molecule has 1 heterocycles. The zero-order valence-electron chi connectivity index (χ0n) is 7.94. The van der Waals surface area contributed by atoms with E-state index in [4.69, 9.17) is 0 Å². The minimum absolute atomic E-state index is 0.236. The first-order valence-electron chi connectivity index (χ1n) is 4.47. The van der Waals surface area contributed by atoms with Gasteiger partial charge in [0.2, 0.25) is 0 Å². The Morgan fingerprint density at radius 1 is 1.29 bits per heavy atom. The standard InChI is InChI=1S/C8H14F4N2/c1-13-4-8(11,12)5-14-2-6(9)7(10)3-14/h6-7,13H,2-5H2,1H3. The van der Waals surface area contributed by atoms with Crippen LogP contribution in [-0.4, -0.2) is 56.4 Å². The smallest absolute Gasteiger partial charge is 0.272 e. The lowest BCUT2D eigenvalue weighted by Crippen LogP contribution is -2.42. The van der Waals surface area contributed by atoms with E-state index in [0.717, 1.165) is 4.90 Å². The third-order valence-corrected chi connectivity index (χ3v) is 2.15. The number of halogens is 4. The fraction of sp³-hybridized carbons (Fsp3) is 1.00. The van der Waals surface area contributed by atoms with Gasteiger partial charge in [0.05, 0.1) is 13.1 Å². The average Bonchev–Trinajstić information content (AvgIpc) is 2.29. The highest BCUT2D eigenvalue weighted by atomic mass is 19.3. The fourth-order valence-electron chi connectivity index (χ4n) is 1.57. The third kappa shape index (κ3) is 3.09. The van der Waals surface area contributed by atoms with Crippen LogP contribution in [0, 0.1) is 0 Å². The number of nitrogens with zero attached hydrogens (tertiary/aromatic N) is 1. The van der Waals surface area contributed by atoms with E-state index >= 15 is 0 Å². The van der Waals surface area contributed by atoms with Crippen LogP contribution < -0.4 is 5.32 Å². The van der Waals surface area contributed by atoms with Gasteiger partial charge in [-0.3, -0.25) is 4.90 Å². The Labute approximate surface area is 80.3 Å². The zero-order chi connectivity index (χ0) is 10.8. The van der Waals surface area contributed by atoms with Crippen molar-refractivity contribution in [1.29, 1.82) is 0 Å². The van der Waals surface area contributed by atoms with Crippen molar-refractivity contribution in [3.63, 3.8) is 0 Å². The van der Waals surface area contributed by atoms with E-state index in [0.29, 0.717) is 0 Å². The lowest BCUT2D eigenvalue weighted by molar-refractivity contribution is -0.0254. The maximum Gasteiger partial charge on any atom is 0.272 e. The molecule has 0 bridgehead atoms. The molecule has 0 radical (unpaired) electrons. The molecule has 14 heavy (non-hydrogen) atoms. The number of nitrogens with one attached hydrogen (secondary N) is 1. The summed E-state index contributed by atoms with van der Waals surface area (Å²) in [6.45, 7) is -1.53. The highest BCUT2D eigenvalue weighted by Gasteiger charge is 2.38. The Kier molecular flexibility index (Phi) is 3.71. The molecule has 1 fully saturated rings. The number of rotatable bonds is 4. The largest absolute Gasteiger partial charge is 0.314 e. The van der Waals surface area contributed by atoms with Crippen molar-refractivity contribution in [3.8, 4) is 0 Å². The Balaban J connectivity index is 2.38. The van der Waals surface area contributed by atoms with Crippen molar-refractivity contribution in [2.45, 2.75) is 18.3 Å². The maximum absolute atomic E-state index is 13.0. The van der Waals surface area contributed by atoms with Gasteiger partial charge in [0.15, 0.2) is 0 Å². The monoisotopic (exact) mass is 214 g/mol. The first-order chi connectivity index (χ1) is 6.44. The highest BCUT2D eigenvalue weighted by molar-refractivity contribution is 4.87. The van der Waals surface area contributed by atoms with Crippen LogP contribution in [0.3, 0.4) is 0 Å². The van der Waals surface area contributed by atoms with Gasteiger partial charge in [0.1, 0.15) is 12.3 Å². The van der Waals surface area contributed by atoms with Crippen molar-refractivity contribution in [2.24, 2.45) is 0 Å². The van der Waals surface area contributed by atoms with Crippen LogP contribution in [0.4, 0.5) is 17.6 Å². The molecule has 0 aromatic carbocycles. The normalized spacial score (nSPS) is 29.8. The van der Waals surface area contributed by atoms with Crippen molar-refractivity contribution in [1.82, 2.24) is 10.2 Å². The van der Waals surface area contributed by atoms with Crippen molar-refractivity contribution in [2.75, 3.05) is 33.2 Å². The number of likely N-dealkylation sites (tertiary alicyclic amines) is 1. The van der Waals surface area contributed by atoms with Gasteiger partial charge in [-0.05, 0) is 7.05 Å². The third-order valence-electron chi connectivity index (χ3n) is 2.15. The minimum atomic E-state index is -2.93. The van der Waals surface area contributed by atoms with E-state index < -0.39 is 31.4 Å². The quantitative estimate of drug-likeness (QED) is 0.697.